The fourth-order valence-corrected chi connectivity index (χ4v) is 5.09. The Morgan fingerprint density at radius 1 is 0.615 bits per heavy atom. The van der Waals surface area contributed by atoms with E-state index >= 15 is 0 Å². The van der Waals surface area contributed by atoms with E-state index in [0.717, 1.165) is 12.8 Å². The molecule has 0 amide bonds. The monoisotopic (exact) mass is 342 g/mol. The summed E-state index contributed by atoms with van der Waals surface area (Å²) in [6, 6.07) is 18.0. The summed E-state index contributed by atoms with van der Waals surface area (Å²) < 4.78 is 0. The Labute approximate surface area is 158 Å². The van der Waals surface area contributed by atoms with Gasteiger partial charge in [0.1, 0.15) is 0 Å². The Hall–Kier alpha value is -2.08. The Kier molecular flexibility index (Phi) is 4.61. The maximum absolute atomic E-state index is 2.35. The second kappa shape index (κ2) is 6.91. The molecule has 0 atom stereocenters. The van der Waals surface area contributed by atoms with Crippen LogP contribution in [0.15, 0.2) is 59.7 Å². The van der Waals surface area contributed by atoms with Gasteiger partial charge in [-0.2, -0.15) is 0 Å². The van der Waals surface area contributed by atoms with Gasteiger partial charge in [0.2, 0.25) is 0 Å². The number of allylic oxidation sites excluding steroid dienone is 4. The first-order valence-corrected chi connectivity index (χ1v) is 10.2. The SMILES string of the molecule is CC(C)C1=C(CCC2=C(C(C)C)c3ccccc3C2)Cc2ccccc21. The van der Waals surface area contributed by atoms with Crippen molar-refractivity contribution in [3.05, 3.63) is 81.9 Å². The van der Waals surface area contributed by atoms with Crippen molar-refractivity contribution in [3.8, 4) is 0 Å². The molecule has 0 aromatic heterocycles. The largest absolute Gasteiger partial charge is 0.0619 e. The molecule has 0 N–H and O–H groups in total. The summed E-state index contributed by atoms with van der Waals surface area (Å²) in [5, 5.41) is 0. The predicted molar refractivity (Wildman–Crippen MR) is 113 cm³/mol. The summed E-state index contributed by atoms with van der Waals surface area (Å²) in [5.41, 5.74) is 12.6. The minimum absolute atomic E-state index is 0.605. The summed E-state index contributed by atoms with van der Waals surface area (Å²) in [6.45, 7) is 9.40. The normalized spacial score (nSPS) is 16.1. The predicted octanol–water partition coefficient (Wildman–Crippen LogP) is 7.10. The van der Waals surface area contributed by atoms with Crippen molar-refractivity contribution in [2.75, 3.05) is 0 Å². The zero-order valence-corrected chi connectivity index (χ0v) is 16.6. The second-order valence-corrected chi connectivity index (χ2v) is 8.51. The highest BCUT2D eigenvalue weighted by Gasteiger charge is 2.26. The number of rotatable bonds is 5. The Balaban J connectivity index is 1.61. The van der Waals surface area contributed by atoms with E-state index in [9.17, 15) is 0 Å². The van der Waals surface area contributed by atoms with Crippen molar-refractivity contribution in [3.63, 3.8) is 0 Å². The third-order valence-electron chi connectivity index (χ3n) is 6.07. The van der Waals surface area contributed by atoms with E-state index in [1.165, 1.54) is 35.1 Å². The van der Waals surface area contributed by atoms with Gasteiger partial charge in [-0.15, -0.1) is 0 Å². The zero-order chi connectivity index (χ0) is 18.3. The maximum Gasteiger partial charge on any atom is -0.00548 e. The van der Waals surface area contributed by atoms with Gasteiger partial charge in [-0.1, -0.05) is 87.4 Å². The van der Waals surface area contributed by atoms with Gasteiger partial charge in [0, 0.05) is 0 Å². The van der Waals surface area contributed by atoms with Crippen LogP contribution >= 0.6 is 0 Å². The van der Waals surface area contributed by atoms with Crippen LogP contribution in [0.1, 0.15) is 62.8 Å². The lowest BCUT2D eigenvalue weighted by atomic mass is 9.90. The quantitative estimate of drug-likeness (QED) is 0.543. The molecule has 0 unspecified atom stereocenters. The molecule has 2 aliphatic carbocycles. The molecule has 4 rings (SSSR count). The molecular formula is C26H30. The van der Waals surface area contributed by atoms with Gasteiger partial charge in [-0.05, 0) is 70.9 Å². The smallest absolute Gasteiger partial charge is 0.00548 e. The first kappa shape index (κ1) is 17.3. The van der Waals surface area contributed by atoms with Crippen LogP contribution in [-0.2, 0) is 12.8 Å². The van der Waals surface area contributed by atoms with Crippen LogP contribution in [0.2, 0.25) is 0 Å². The van der Waals surface area contributed by atoms with E-state index in [1.54, 1.807) is 22.3 Å². The number of hydrogen-bond acceptors (Lipinski definition) is 0. The molecule has 0 heterocycles. The minimum Gasteiger partial charge on any atom is -0.0619 e. The molecule has 0 heteroatoms. The van der Waals surface area contributed by atoms with E-state index in [4.69, 9.17) is 0 Å². The molecule has 0 fully saturated rings. The lowest BCUT2D eigenvalue weighted by Crippen LogP contribution is -1.98. The minimum atomic E-state index is 0.605. The third kappa shape index (κ3) is 2.96. The molecule has 0 saturated heterocycles. The van der Waals surface area contributed by atoms with Crippen molar-refractivity contribution in [1.82, 2.24) is 0 Å². The van der Waals surface area contributed by atoms with Gasteiger partial charge in [0.15, 0.2) is 0 Å². The molecule has 2 aliphatic rings. The van der Waals surface area contributed by atoms with E-state index in [2.05, 4.69) is 76.2 Å². The highest BCUT2D eigenvalue weighted by atomic mass is 14.3. The molecule has 0 radical (unpaired) electrons. The fraction of sp³-hybridized carbons (Fsp3) is 0.385. The third-order valence-corrected chi connectivity index (χ3v) is 6.07. The van der Waals surface area contributed by atoms with E-state index in [0.29, 0.717) is 11.8 Å². The standard InChI is InChI=1S/C26H30/c1-17(2)25-21(15-19-9-5-7-11-23(19)25)13-14-22-16-20-10-6-8-12-24(20)26(22)18(3)4/h5-12,17-18H,13-16H2,1-4H3. The second-order valence-electron chi connectivity index (χ2n) is 8.51. The highest BCUT2D eigenvalue weighted by Crippen LogP contribution is 2.43. The Morgan fingerprint density at radius 2 is 1.00 bits per heavy atom. The number of hydrogen-bond donors (Lipinski definition) is 0. The summed E-state index contributed by atoms with van der Waals surface area (Å²) in [4.78, 5) is 0. The Bertz CT molecular complexity index is 814. The average molecular weight is 343 g/mol. The van der Waals surface area contributed by atoms with Crippen molar-refractivity contribution >= 4 is 11.1 Å². The van der Waals surface area contributed by atoms with Gasteiger partial charge in [0.05, 0.1) is 0 Å². The molecule has 2 aromatic carbocycles. The molecule has 0 bridgehead atoms. The topological polar surface area (TPSA) is 0 Å². The van der Waals surface area contributed by atoms with Crippen LogP contribution in [0, 0.1) is 11.8 Å². The summed E-state index contributed by atoms with van der Waals surface area (Å²) >= 11 is 0. The van der Waals surface area contributed by atoms with Crippen LogP contribution < -0.4 is 0 Å². The van der Waals surface area contributed by atoms with Crippen LogP contribution in [0.3, 0.4) is 0 Å². The zero-order valence-electron chi connectivity index (χ0n) is 16.6. The first-order chi connectivity index (χ1) is 12.6. The number of benzene rings is 2. The molecule has 0 saturated carbocycles. The van der Waals surface area contributed by atoms with Gasteiger partial charge in [-0.25, -0.2) is 0 Å². The average Bonchev–Trinajstić information content (AvgIpc) is 3.17. The lowest BCUT2D eigenvalue weighted by molar-refractivity contribution is 0.809. The van der Waals surface area contributed by atoms with Gasteiger partial charge in [0.25, 0.3) is 0 Å². The van der Waals surface area contributed by atoms with E-state index in [1.807, 2.05) is 0 Å². The summed E-state index contributed by atoms with van der Waals surface area (Å²) in [7, 11) is 0. The van der Waals surface area contributed by atoms with Crippen LogP contribution in [-0.4, -0.2) is 0 Å². The highest BCUT2D eigenvalue weighted by molar-refractivity contribution is 5.79. The maximum atomic E-state index is 2.35. The van der Waals surface area contributed by atoms with Crippen LogP contribution in [0.4, 0.5) is 0 Å². The van der Waals surface area contributed by atoms with Crippen molar-refractivity contribution < 1.29 is 0 Å². The summed E-state index contributed by atoms with van der Waals surface area (Å²) in [5.74, 6) is 1.21. The van der Waals surface area contributed by atoms with Crippen molar-refractivity contribution in [1.29, 1.82) is 0 Å². The first-order valence-electron chi connectivity index (χ1n) is 10.2. The molecule has 134 valence electrons. The number of fused-ring (bicyclic) bond motifs is 2. The van der Waals surface area contributed by atoms with Crippen molar-refractivity contribution in [2.45, 2.75) is 53.4 Å². The molecule has 0 nitrogen and oxygen atoms in total. The van der Waals surface area contributed by atoms with E-state index < -0.39 is 0 Å². The van der Waals surface area contributed by atoms with Crippen LogP contribution in [0.25, 0.3) is 11.1 Å². The van der Waals surface area contributed by atoms with E-state index in [-0.39, 0.29) is 0 Å². The molecule has 0 spiro atoms. The van der Waals surface area contributed by atoms with Gasteiger partial charge < -0.3 is 0 Å². The summed E-state index contributed by atoms with van der Waals surface area (Å²) in [6.07, 6.45) is 4.73. The van der Waals surface area contributed by atoms with Gasteiger partial charge >= 0.3 is 0 Å². The van der Waals surface area contributed by atoms with Crippen LogP contribution in [0.5, 0.6) is 0 Å². The molecule has 0 aliphatic heterocycles. The van der Waals surface area contributed by atoms with Crippen molar-refractivity contribution in [2.24, 2.45) is 11.8 Å². The fourth-order valence-electron chi connectivity index (χ4n) is 5.09. The lowest BCUT2D eigenvalue weighted by Gasteiger charge is -2.15. The molecule has 26 heavy (non-hydrogen) atoms. The Morgan fingerprint density at radius 3 is 1.38 bits per heavy atom. The van der Waals surface area contributed by atoms with Gasteiger partial charge in [-0.3, -0.25) is 0 Å². The molecular weight excluding hydrogens is 312 g/mol. The molecule has 2 aromatic rings.